The number of nitrogens with zero attached hydrogens (tertiary/aromatic N) is 4. The van der Waals surface area contributed by atoms with Gasteiger partial charge in [-0.05, 0) is 0 Å². The number of carbonyl (C=O) groups excluding carboxylic acids is 2. The van der Waals surface area contributed by atoms with Gasteiger partial charge in [0.1, 0.15) is 0 Å². The van der Waals surface area contributed by atoms with Crippen LogP contribution in [0.15, 0.2) is 12.7 Å². The monoisotopic (exact) mass is 387 g/mol. The second kappa shape index (κ2) is 9.45. The summed E-state index contributed by atoms with van der Waals surface area (Å²) in [6.45, 7) is 9.32. The van der Waals surface area contributed by atoms with Gasteiger partial charge in [-0.25, -0.2) is 8.42 Å². The minimum Gasteiger partial charge on any atom is -0.352 e. The van der Waals surface area contributed by atoms with Crippen molar-refractivity contribution in [2.75, 3.05) is 78.2 Å². The lowest BCUT2D eigenvalue weighted by Crippen LogP contribution is -2.55. The fourth-order valence-corrected chi connectivity index (χ4v) is 3.94. The molecule has 2 aliphatic rings. The zero-order chi connectivity index (χ0) is 19.2. The van der Waals surface area contributed by atoms with Crippen LogP contribution in [0.2, 0.25) is 0 Å². The number of sulfonamides is 1. The largest absolute Gasteiger partial charge is 0.352 e. The number of piperazine rings is 2. The molecule has 0 aromatic heterocycles. The second-order valence-corrected chi connectivity index (χ2v) is 8.67. The fourth-order valence-electron chi connectivity index (χ4n) is 3.11. The quantitative estimate of drug-likeness (QED) is 0.509. The van der Waals surface area contributed by atoms with Crippen molar-refractivity contribution < 1.29 is 18.0 Å². The Morgan fingerprint density at radius 2 is 1.50 bits per heavy atom. The zero-order valence-corrected chi connectivity index (χ0v) is 16.2. The molecule has 0 aliphatic carbocycles. The number of hydrogen-bond acceptors (Lipinski definition) is 6. The Hall–Kier alpha value is -1.49. The molecule has 0 bridgehead atoms. The number of hydrogen-bond donors (Lipinski definition) is 1. The Labute approximate surface area is 155 Å². The SMILES string of the molecule is C=CCNC(=O)CN1CCN(CC(=O)N2CCN(S(C)(=O)=O)CC2)CC1. The summed E-state index contributed by atoms with van der Waals surface area (Å²) in [5.41, 5.74) is 0. The van der Waals surface area contributed by atoms with Crippen LogP contribution >= 0.6 is 0 Å². The Balaban J connectivity index is 1.68. The van der Waals surface area contributed by atoms with Gasteiger partial charge in [0.2, 0.25) is 21.8 Å². The molecule has 2 fully saturated rings. The molecular formula is C16H29N5O4S. The van der Waals surface area contributed by atoms with E-state index >= 15 is 0 Å². The third kappa shape index (κ3) is 6.35. The van der Waals surface area contributed by atoms with E-state index in [1.54, 1.807) is 11.0 Å². The molecule has 2 rings (SSSR count). The lowest BCUT2D eigenvalue weighted by atomic mass is 10.3. The van der Waals surface area contributed by atoms with Gasteiger partial charge in [-0.1, -0.05) is 6.08 Å². The first kappa shape index (κ1) is 20.8. The van der Waals surface area contributed by atoms with E-state index in [0.29, 0.717) is 45.8 Å². The van der Waals surface area contributed by atoms with Crippen LogP contribution in [-0.4, -0.2) is 117 Å². The predicted octanol–water partition coefficient (Wildman–Crippen LogP) is -1.99. The maximum Gasteiger partial charge on any atom is 0.236 e. The van der Waals surface area contributed by atoms with Crippen LogP contribution in [0.25, 0.3) is 0 Å². The molecule has 9 nitrogen and oxygen atoms in total. The molecule has 0 spiro atoms. The summed E-state index contributed by atoms with van der Waals surface area (Å²) < 4.78 is 24.5. The van der Waals surface area contributed by atoms with E-state index < -0.39 is 10.0 Å². The summed E-state index contributed by atoms with van der Waals surface area (Å²) in [4.78, 5) is 30.0. The summed E-state index contributed by atoms with van der Waals surface area (Å²) in [6.07, 6.45) is 2.85. The van der Waals surface area contributed by atoms with E-state index in [-0.39, 0.29) is 11.8 Å². The molecule has 2 amide bonds. The third-order valence-corrected chi connectivity index (χ3v) is 6.00. The highest BCUT2D eigenvalue weighted by Gasteiger charge is 2.27. The van der Waals surface area contributed by atoms with Gasteiger partial charge in [0.25, 0.3) is 0 Å². The minimum atomic E-state index is -3.18. The Kier molecular flexibility index (Phi) is 7.56. The summed E-state index contributed by atoms with van der Waals surface area (Å²) in [7, 11) is -3.18. The van der Waals surface area contributed by atoms with Gasteiger partial charge in [-0.15, -0.1) is 6.58 Å². The zero-order valence-electron chi connectivity index (χ0n) is 15.4. The van der Waals surface area contributed by atoms with Crippen LogP contribution in [0.3, 0.4) is 0 Å². The molecule has 0 saturated carbocycles. The van der Waals surface area contributed by atoms with E-state index in [1.807, 2.05) is 0 Å². The van der Waals surface area contributed by atoms with Crippen molar-refractivity contribution in [3.8, 4) is 0 Å². The number of amides is 2. The molecule has 0 unspecified atom stereocenters. The van der Waals surface area contributed by atoms with Crippen LogP contribution < -0.4 is 5.32 Å². The van der Waals surface area contributed by atoms with E-state index in [0.717, 1.165) is 26.2 Å². The van der Waals surface area contributed by atoms with E-state index in [1.165, 1.54) is 10.6 Å². The highest BCUT2D eigenvalue weighted by atomic mass is 32.2. The standard InChI is InChI=1S/C16H29N5O4S/c1-3-4-17-15(22)13-18-5-7-19(8-6-18)14-16(23)20-9-11-21(12-10-20)26(2,24)25/h3H,1,4-14H2,2H3,(H,17,22). The van der Waals surface area contributed by atoms with Gasteiger partial charge in [0.15, 0.2) is 0 Å². The van der Waals surface area contributed by atoms with Gasteiger partial charge in [0, 0.05) is 58.9 Å². The van der Waals surface area contributed by atoms with Crippen LogP contribution in [0, 0.1) is 0 Å². The smallest absolute Gasteiger partial charge is 0.236 e. The minimum absolute atomic E-state index is 0.0156. The van der Waals surface area contributed by atoms with Crippen molar-refractivity contribution >= 4 is 21.8 Å². The Morgan fingerprint density at radius 1 is 0.962 bits per heavy atom. The van der Waals surface area contributed by atoms with Crippen molar-refractivity contribution in [1.29, 1.82) is 0 Å². The maximum absolute atomic E-state index is 12.4. The highest BCUT2D eigenvalue weighted by Crippen LogP contribution is 2.08. The Morgan fingerprint density at radius 3 is 2.00 bits per heavy atom. The summed E-state index contributed by atoms with van der Waals surface area (Å²) in [5.74, 6) is 0.0218. The van der Waals surface area contributed by atoms with Gasteiger partial charge in [-0.2, -0.15) is 4.31 Å². The summed E-state index contributed by atoms with van der Waals surface area (Å²) >= 11 is 0. The van der Waals surface area contributed by atoms with Crippen LogP contribution in [0.1, 0.15) is 0 Å². The first-order valence-electron chi connectivity index (χ1n) is 8.85. The fraction of sp³-hybridized carbons (Fsp3) is 0.750. The predicted molar refractivity (Wildman–Crippen MR) is 99.1 cm³/mol. The molecule has 0 aromatic carbocycles. The third-order valence-electron chi connectivity index (χ3n) is 4.69. The average molecular weight is 388 g/mol. The van der Waals surface area contributed by atoms with E-state index in [4.69, 9.17) is 0 Å². The van der Waals surface area contributed by atoms with Crippen molar-refractivity contribution in [1.82, 2.24) is 24.3 Å². The van der Waals surface area contributed by atoms with Gasteiger partial charge in [0.05, 0.1) is 19.3 Å². The summed E-state index contributed by atoms with van der Waals surface area (Å²) in [6, 6.07) is 0. The molecule has 26 heavy (non-hydrogen) atoms. The van der Waals surface area contributed by atoms with E-state index in [2.05, 4.69) is 21.7 Å². The number of nitrogens with one attached hydrogen (secondary N) is 1. The lowest BCUT2D eigenvalue weighted by molar-refractivity contribution is -0.134. The summed E-state index contributed by atoms with van der Waals surface area (Å²) in [5, 5.41) is 2.76. The number of carbonyl (C=O) groups is 2. The van der Waals surface area contributed by atoms with Crippen molar-refractivity contribution in [2.45, 2.75) is 0 Å². The molecule has 1 N–H and O–H groups in total. The first-order valence-corrected chi connectivity index (χ1v) is 10.7. The average Bonchev–Trinajstić information content (AvgIpc) is 2.61. The molecular weight excluding hydrogens is 358 g/mol. The highest BCUT2D eigenvalue weighted by molar-refractivity contribution is 7.88. The van der Waals surface area contributed by atoms with Gasteiger partial charge < -0.3 is 10.2 Å². The second-order valence-electron chi connectivity index (χ2n) is 6.69. The molecule has 0 aromatic rings. The van der Waals surface area contributed by atoms with E-state index in [9.17, 15) is 18.0 Å². The van der Waals surface area contributed by atoms with Gasteiger partial charge >= 0.3 is 0 Å². The van der Waals surface area contributed by atoms with Crippen LogP contribution in [0.5, 0.6) is 0 Å². The first-order chi connectivity index (χ1) is 12.3. The van der Waals surface area contributed by atoms with Crippen molar-refractivity contribution in [3.63, 3.8) is 0 Å². The van der Waals surface area contributed by atoms with Crippen molar-refractivity contribution in [2.24, 2.45) is 0 Å². The van der Waals surface area contributed by atoms with Crippen molar-refractivity contribution in [3.05, 3.63) is 12.7 Å². The molecule has 2 saturated heterocycles. The normalized spacial score (nSPS) is 20.7. The molecule has 0 radical (unpaired) electrons. The molecule has 2 aliphatic heterocycles. The maximum atomic E-state index is 12.4. The molecule has 148 valence electrons. The lowest BCUT2D eigenvalue weighted by Gasteiger charge is -2.37. The topological polar surface area (TPSA) is 93.3 Å². The van der Waals surface area contributed by atoms with Gasteiger partial charge in [-0.3, -0.25) is 19.4 Å². The molecule has 2 heterocycles. The number of rotatable bonds is 7. The van der Waals surface area contributed by atoms with Crippen LogP contribution in [-0.2, 0) is 19.6 Å². The van der Waals surface area contributed by atoms with Crippen LogP contribution in [0.4, 0.5) is 0 Å². The molecule has 0 atom stereocenters. The molecule has 10 heteroatoms. The Bertz CT molecular complexity index is 608.